The van der Waals surface area contributed by atoms with E-state index < -0.39 is 12.1 Å². The van der Waals surface area contributed by atoms with Gasteiger partial charge in [0.1, 0.15) is 0 Å². The monoisotopic (exact) mass is 304 g/mol. The Bertz CT molecular complexity index is 504. The van der Waals surface area contributed by atoms with Gasteiger partial charge in [-0.05, 0) is 17.7 Å². The molecule has 1 aromatic rings. The van der Waals surface area contributed by atoms with E-state index in [1.807, 2.05) is 0 Å². The van der Waals surface area contributed by atoms with Crippen molar-refractivity contribution in [3.8, 4) is 0 Å². The average molecular weight is 304 g/mol. The minimum absolute atomic E-state index is 0.172. The third-order valence-corrected chi connectivity index (χ3v) is 2.45. The zero-order valence-corrected chi connectivity index (χ0v) is 11.3. The van der Waals surface area contributed by atoms with Crippen molar-refractivity contribution in [2.45, 2.75) is 19.1 Å². The molecule has 0 aliphatic rings. The van der Waals surface area contributed by atoms with Gasteiger partial charge < -0.3 is 15.4 Å². The highest BCUT2D eigenvalue weighted by Crippen LogP contribution is 2.15. The zero-order chi connectivity index (χ0) is 15.9. The number of carbonyl (C=O) groups is 2. The van der Waals surface area contributed by atoms with Crippen molar-refractivity contribution in [3.63, 3.8) is 0 Å². The molecule has 0 aromatic heterocycles. The summed E-state index contributed by atoms with van der Waals surface area (Å²) < 4.78 is 40.9. The van der Waals surface area contributed by atoms with Gasteiger partial charge in [0.25, 0.3) is 0 Å². The Morgan fingerprint density at radius 2 is 2.00 bits per heavy atom. The third-order valence-electron chi connectivity index (χ3n) is 2.45. The highest BCUT2D eigenvalue weighted by molar-refractivity contribution is 5.90. The van der Waals surface area contributed by atoms with Crippen LogP contribution >= 0.6 is 0 Å². The molecule has 0 aliphatic heterocycles. The van der Waals surface area contributed by atoms with Crippen LogP contribution in [-0.2, 0) is 20.9 Å². The van der Waals surface area contributed by atoms with Crippen LogP contribution in [0.5, 0.6) is 0 Å². The van der Waals surface area contributed by atoms with E-state index in [1.165, 1.54) is 13.2 Å². The molecule has 116 valence electrons. The van der Waals surface area contributed by atoms with Crippen molar-refractivity contribution in [1.82, 2.24) is 5.32 Å². The Kier molecular flexibility index (Phi) is 6.16. The Morgan fingerprint density at radius 3 is 2.62 bits per heavy atom. The van der Waals surface area contributed by atoms with E-state index in [4.69, 9.17) is 4.74 Å². The Labute approximate surface area is 119 Å². The maximum Gasteiger partial charge on any atom is 0.471 e. The summed E-state index contributed by atoms with van der Waals surface area (Å²) in [5.41, 5.74) is 0.881. The molecule has 0 unspecified atom stereocenters. The van der Waals surface area contributed by atoms with Crippen LogP contribution in [0.3, 0.4) is 0 Å². The fourth-order valence-corrected chi connectivity index (χ4v) is 1.46. The Hall–Kier alpha value is -2.09. The number of anilines is 1. The molecule has 1 aromatic carbocycles. The second kappa shape index (κ2) is 7.63. The number of benzene rings is 1. The predicted molar refractivity (Wildman–Crippen MR) is 69.5 cm³/mol. The molecule has 2 N–H and O–H groups in total. The minimum Gasteiger partial charge on any atom is -0.384 e. The molecule has 21 heavy (non-hydrogen) atoms. The predicted octanol–water partition coefficient (Wildman–Crippen LogP) is 1.84. The van der Waals surface area contributed by atoms with Crippen LogP contribution < -0.4 is 10.6 Å². The summed E-state index contributed by atoms with van der Waals surface area (Å²) in [6.07, 6.45) is -4.74. The molecule has 0 bridgehead atoms. The number of rotatable bonds is 6. The maximum atomic E-state index is 12.0. The van der Waals surface area contributed by atoms with Gasteiger partial charge in [-0.15, -0.1) is 0 Å². The number of ether oxygens (including phenoxy) is 1. The van der Waals surface area contributed by atoms with Crippen LogP contribution in [-0.4, -0.2) is 31.7 Å². The molecule has 0 saturated carbocycles. The summed E-state index contributed by atoms with van der Waals surface area (Å²) in [5.74, 6) is -2.27. The largest absolute Gasteiger partial charge is 0.471 e. The molecule has 0 spiro atoms. The number of methoxy groups -OCH3 is 1. The number of amides is 2. The fraction of sp³-hybridized carbons (Fsp3) is 0.385. The second-order valence-corrected chi connectivity index (χ2v) is 4.17. The highest BCUT2D eigenvalue weighted by atomic mass is 19.4. The van der Waals surface area contributed by atoms with Crippen LogP contribution in [0.2, 0.25) is 0 Å². The van der Waals surface area contributed by atoms with E-state index in [9.17, 15) is 22.8 Å². The number of halogens is 3. The maximum absolute atomic E-state index is 12.0. The lowest BCUT2D eigenvalue weighted by Crippen LogP contribution is -2.36. The minimum atomic E-state index is -4.91. The highest BCUT2D eigenvalue weighted by Gasteiger charge is 2.38. The van der Waals surface area contributed by atoms with Gasteiger partial charge in [0.05, 0.1) is 13.0 Å². The lowest BCUT2D eigenvalue weighted by atomic mass is 10.2. The topological polar surface area (TPSA) is 67.4 Å². The zero-order valence-electron chi connectivity index (χ0n) is 11.3. The van der Waals surface area contributed by atoms with Crippen LogP contribution in [0.25, 0.3) is 0 Å². The summed E-state index contributed by atoms with van der Waals surface area (Å²) in [4.78, 5) is 22.2. The molecule has 2 amide bonds. The smallest absolute Gasteiger partial charge is 0.384 e. The first kappa shape index (κ1) is 17.0. The van der Waals surface area contributed by atoms with Crippen molar-refractivity contribution in [2.75, 3.05) is 19.0 Å². The van der Waals surface area contributed by atoms with Crippen molar-refractivity contribution < 1.29 is 27.5 Å². The van der Waals surface area contributed by atoms with E-state index in [-0.39, 0.29) is 25.5 Å². The molecule has 0 aliphatic carbocycles. The van der Waals surface area contributed by atoms with Crippen LogP contribution in [0.1, 0.15) is 12.0 Å². The molecule has 1 rings (SSSR count). The molecule has 5 nitrogen and oxygen atoms in total. The SMILES string of the molecule is COCCC(=O)Nc1cccc(CNC(=O)C(F)(F)F)c1. The number of hydrogen-bond acceptors (Lipinski definition) is 3. The Balaban J connectivity index is 2.56. The number of carbonyl (C=O) groups excluding carboxylic acids is 2. The van der Waals surface area contributed by atoms with E-state index in [2.05, 4.69) is 5.32 Å². The standard InChI is InChI=1S/C13H15F3N2O3/c1-21-6-5-11(19)18-10-4-2-3-9(7-10)8-17-12(20)13(14,15)16/h2-4,7H,5-6,8H2,1H3,(H,17,20)(H,18,19). The van der Waals surface area contributed by atoms with Gasteiger partial charge in [-0.2, -0.15) is 13.2 Å². The first-order valence-electron chi connectivity index (χ1n) is 6.05. The molecular weight excluding hydrogens is 289 g/mol. The van der Waals surface area contributed by atoms with Crippen LogP contribution in [0.4, 0.5) is 18.9 Å². The van der Waals surface area contributed by atoms with Gasteiger partial charge in [-0.3, -0.25) is 9.59 Å². The number of alkyl halides is 3. The average Bonchev–Trinajstić information content (AvgIpc) is 2.42. The summed E-state index contributed by atoms with van der Waals surface area (Å²) in [5, 5.41) is 4.34. The van der Waals surface area contributed by atoms with E-state index in [1.54, 1.807) is 23.5 Å². The van der Waals surface area contributed by atoms with Crippen molar-refractivity contribution >= 4 is 17.5 Å². The van der Waals surface area contributed by atoms with Gasteiger partial charge in [0.2, 0.25) is 5.91 Å². The summed E-state index contributed by atoms with van der Waals surface area (Å²) in [6, 6.07) is 6.20. The first-order valence-corrected chi connectivity index (χ1v) is 6.05. The summed E-state index contributed by atoms with van der Waals surface area (Å²) in [7, 11) is 1.47. The summed E-state index contributed by atoms with van der Waals surface area (Å²) in [6.45, 7) is -0.00666. The van der Waals surface area contributed by atoms with Crippen molar-refractivity contribution in [1.29, 1.82) is 0 Å². The molecule has 8 heteroatoms. The Morgan fingerprint density at radius 1 is 1.29 bits per heavy atom. The van der Waals surface area contributed by atoms with Gasteiger partial charge >= 0.3 is 12.1 Å². The van der Waals surface area contributed by atoms with Crippen molar-refractivity contribution in [3.05, 3.63) is 29.8 Å². The molecule has 0 saturated heterocycles. The first-order chi connectivity index (χ1) is 9.82. The normalized spacial score (nSPS) is 11.0. The van der Waals surface area contributed by atoms with Crippen LogP contribution in [0.15, 0.2) is 24.3 Å². The second-order valence-electron chi connectivity index (χ2n) is 4.17. The molecule has 0 heterocycles. The molecule has 0 radical (unpaired) electrons. The van der Waals surface area contributed by atoms with Gasteiger partial charge in [0, 0.05) is 19.3 Å². The van der Waals surface area contributed by atoms with E-state index in [0.29, 0.717) is 11.3 Å². The van der Waals surface area contributed by atoms with Gasteiger partial charge in [0.15, 0.2) is 0 Å². The van der Waals surface area contributed by atoms with E-state index >= 15 is 0 Å². The van der Waals surface area contributed by atoms with Gasteiger partial charge in [-0.1, -0.05) is 12.1 Å². The molecular formula is C13H15F3N2O3. The summed E-state index contributed by atoms with van der Waals surface area (Å²) >= 11 is 0. The third kappa shape index (κ3) is 6.26. The molecule has 0 fully saturated rings. The van der Waals surface area contributed by atoms with Crippen molar-refractivity contribution in [2.24, 2.45) is 0 Å². The number of hydrogen-bond donors (Lipinski definition) is 2. The van der Waals surface area contributed by atoms with Gasteiger partial charge in [-0.25, -0.2) is 0 Å². The van der Waals surface area contributed by atoms with E-state index in [0.717, 1.165) is 0 Å². The van der Waals surface area contributed by atoms with Crippen LogP contribution in [0, 0.1) is 0 Å². The number of nitrogens with one attached hydrogen (secondary N) is 2. The quantitative estimate of drug-likeness (QED) is 0.842. The fourth-order valence-electron chi connectivity index (χ4n) is 1.46. The lowest BCUT2D eigenvalue weighted by Gasteiger charge is -2.10. The lowest BCUT2D eigenvalue weighted by molar-refractivity contribution is -0.173. The molecule has 0 atom stereocenters.